The maximum atomic E-state index is 12.8. The van der Waals surface area contributed by atoms with Crippen molar-refractivity contribution in [1.82, 2.24) is 4.57 Å². The smallest absolute Gasteiger partial charge is 0.298 e. The van der Waals surface area contributed by atoms with Gasteiger partial charge in [-0.3, -0.25) is 19.7 Å². The molecule has 28 heavy (non-hydrogen) atoms. The van der Waals surface area contributed by atoms with Gasteiger partial charge in [0.15, 0.2) is 0 Å². The van der Waals surface area contributed by atoms with E-state index in [1.807, 2.05) is 6.07 Å². The van der Waals surface area contributed by atoms with Crippen LogP contribution in [0.5, 0.6) is 0 Å². The first-order valence-electron chi connectivity index (χ1n) is 8.30. The van der Waals surface area contributed by atoms with Crippen molar-refractivity contribution in [3.63, 3.8) is 0 Å². The van der Waals surface area contributed by atoms with Crippen molar-refractivity contribution in [1.29, 1.82) is 0 Å². The molecule has 1 fully saturated rings. The van der Waals surface area contributed by atoms with Gasteiger partial charge in [0.1, 0.15) is 0 Å². The summed E-state index contributed by atoms with van der Waals surface area (Å²) < 4.78 is 1.73. The average Bonchev–Trinajstić information content (AvgIpc) is 3.27. The van der Waals surface area contributed by atoms with Crippen molar-refractivity contribution in [3.8, 4) is 5.69 Å². The van der Waals surface area contributed by atoms with Crippen molar-refractivity contribution in [2.24, 2.45) is 0 Å². The number of carbonyl (C=O) groups excluding carboxylic acids is 2. The number of hydrogen-bond acceptors (Lipinski definition) is 5. The fourth-order valence-electron chi connectivity index (χ4n) is 2.90. The highest BCUT2D eigenvalue weighted by molar-refractivity contribution is 8.19. The quantitative estimate of drug-likeness (QED) is 0.368. The summed E-state index contributed by atoms with van der Waals surface area (Å²) in [5.41, 5.74) is 1.72. The average molecular weight is 391 g/mol. The van der Waals surface area contributed by atoms with E-state index in [4.69, 9.17) is 0 Å². The molecule has 1 saturated heterocycles. The van der Waals surface area contributed by atoms with E-state index >= 15 is 0 Å². The minimum atomic E-state index is -0.460. The van der Waals surface area contributed by atoms with Crippen molar-refractivity contribution in [2.75, 3.05) is 4.90 Å². The lowest BCUT2D eigenvalue weighted by atomic mass is 10.2. The molecule has 0 unspecified atom stereocenters. The standard InChI is InChI=1S/C20H13N3O4S/c24-19-18(28-20(25)22(19)14-6-2-1-3-7-14)13-16-10-5-11-21(16)15-8-4-9-17(12-15)23(26)27/h1-13H/b18-13+. The second kappa shape index (κ2) is 7.16. The Balaban J connectivity index is 1.69. The van der Waals surface area contributed by atoms with Gasteiger partial charge in [0.2, 0.25) is 0 Å². The van der Waals surface area contributed by atoms with Gasteiger partial charge in [-0.25, -0.2) is 4.90 Å². The Morgan fingerprint density at radius 2 is 1.68 bits per heavy atom. The van der Waals surface area contributed by atoms with Crippen LogP contribution in [-0.2, 0) is 4.79 Å². The fourth-order valence-corrected chi connectivity index (χ4v) is 3.73. The van der Waals surface area contributed by atoms with Gasteiger partial charge in [-0.1, -0.05) is 24.3 Å². The van der Waals surface area contributed by atoms with E-state index in [9.17, 15) is 19.7 Å². The van der Waals surface area contributed by atoms with Gasteiger partial charge in [0.25, 0.3) is 16.8 Å². The summed E-state index contributed by atoms with van der Waals surface area (Å²) in [5.74, 6) is -0.395. The summed E-state index contributed by atoms with van der Waals surface area (Å²) in [4.78, 5) is 37.1. The zero-order chi connectivity index (χ0) is 19.7. The predicted octanol–water partition coefficient (Wildman–Crippen LogP) is 4.63. The summed E-state index contributed by atoms with van der Waals surface area (Å²) in [5, 5.41) is 10.7. The maximum absolute atomic E-state index is 12.8. The number of imide groups is 1. The summed E-state index contributed by atoms with van der Waals surface area (Å²) in [6, 6.07) is 18.5. The third-order valence-electron chi connectivity index (χ3n) is 4.19. The summed E-state index contributed by atoms with van der Waals surface area (Å²) in [6.07, 6.45) is 3.36. The third kappa shape index (κ3) is 3.21. The van der Waals surface area contributed by atoms with E-state index < -0.39 is 10.8 Å². The lowest BCUT2D eigenvalue weighted by Crippen LogP contribution is -2.27. The molecule has 1 aromatic heterocycles. The largest absolute Gasteiger partial charge is 0.317 e. The highest BCUT2D eigenvalue weighted by Gasteiger charge is 2.36. The first-order valence-corrected chi connectivity index (χ1v) is 9.11. The van der Waals surface area contributed by atoms with Crippen molar-refractivity contribution >= 4 is 40.4 Å². The number of rotatable bonds is 4. The molecule has 138 valence electrons. The van der Waals surface area contributed by atoms with Crippen LogP contribution in [0.2, 0.25) is 0 Å². The van der Waals surface area contributed by atoms with Crippen molar-refractivity contribution in [3.05, 3.63) is 93.6 Å². The van der Waals surface area contributed by atoms with E-state index in [0.29, 0.717) is 22.0 Å². The molecule has 7 nitrogen and oxygen atoms in total. The van der Waals surface area contributed by atoms with E-state index in [-0.39, 0.29) is 10.9 Å². The monoisotopic (exact) mass is 391 g/mol. The summed E-state index contributed by atoms with van der Waals surface area (Å²) in [6.45, 7) is 0. The molecule has 2 aromatic carbocycles. The van der Waals surface area contributed by atoms with Gasteiger partial charge in [-0.2, -0.15) is 0 Å². The van der Waals surface area contributed by atoms with Gasteiger partial charge >= 0.3 is 0 Å². The number of non-ortho nitro benzene ring substituents is 1. The molecule has 3 aromatic rings. The van der Waals surface area contributed by atoms with E-state index in [1.165, 1.54) is 12.1 Å². The number of nitro benzene ring substituents is 1. The number of para-hydroxylation sites is 1. The van der Waals surface area contributed by atoms with Crippen LogP contribution < -0.4 is 4.90 Å². The van der Waals surface area contributed by atoms with Crippen molar-refractivity contribution in [2.45, 2.75) is 0 Å². The van der Waals surface area contributed by atoms with Gasteiger partial charge in [0, 0.05) is 24.0 Å². The molecule has 0 bridgehead atoms. The number of thioether (sulfide) groups is 1. The molecule has 8 heteroatoms. The van der Waals surface area contributed by atoms with Gasteiger partial charge in [-0.05, 0) is 48.2 Å². The van der Waals surface area contributed by atoms with Crippen LogP contribution in [0.1, 0.15) is 5.69 Å². The molecule has 1 aliphatic heterocycles. The molecule has 4 rings (SSSR count). The molecule has 0 saturated carbocycles. The Morgan fingerprint density at radius 1 is 0.929 bits per heavy atom. The zero-order valence-electron chi connectivity index (χ0n) is 14.4. The first kappa shape index (κ1) is 17.7. The van der Waals surface area contributed by atoms with Gasteiger partial charge in [-0.15, -0.1) is 0 Å². The normalized spacial score (nSPS) is 15.4. The third-order valence-corrected chi connectivity index (χ3v) is 5.06. The fraction of sp³-hybridized carbons (Fsp3) is 0. The Kier molecular flexibility index (Phi) is 4.54. The van der Waals surface area contributed by atoms with E-state index in [0.717, 1.165) is 16.7 Å². The molecule has 1 aliphatic rings. The minimum Gasteiger partial charge on any atom is -0.317 e. The van der Waals surface area contributed by atoms with Crippen LogP contribution in [0.25, 0.3) is 11.8 Å². The SMILES string of the molecule is O=C1S/C(=C/c2cccn2-c2cccc([N+](=O)[O-])c2)C(=O)N1c1ccccc1. The second-order valence-corrected chi connectivity index (χ2v) is 6.93. The van der Waals surface area contributed by atoms with Crippen LogP contribution in [0.15, 0.2) is 77.8 Å². The van der Waals surface area contributed by atoms with Crippen LogP contribution in [-0.4, -0.2) is 20.6 Å². The molecule has 0 spiro atoms. The Morgan fingerprint density at radius 3 is 2.43 bits per heavy atom. The van der Waals surface area contributed by atoms with Crippen LogP contribution in [0.4, 0.5) is 16.2 Å². The molecule has 2 amide bonds. The van der Waals surface area contributed by atoms with E-state index in [1.54, 1.807) is 65.4 Å². The maximum Gasteiger partial charge on any atom is 0.298 e. The number of nitrogens with zero attached hydrogens (tertiary/aromatic N) is 3. The topological polar surface area (TPSA) is 85.5 Å². The predicted molar refractivity (Wildman–Crippen MR) is 107 cm³/mol. The number of amides is 2. The Labute approximate surface area is 164 Å². The molecular formula is C20H13N3O4S. The molecule has 0 atom stereocenters. The lowest BCUT2D eigenvalue weighted by Gasteiger charge is -2.11. The van der Waals surface area contributed by atoms with Crippen LogP contribution >= 0.6 is 11.8 Å². The van der Waals surface area contributed by atoms with Crippen LogP contribution in [0.3, 0.4) is 0 Å². The number of anilines is 1. The Hall–Kier alpha value is -3.65. The number of aromatic nitrogens is 1. The number of hydrogen-bond donors (Lipinski definition) is 0. The Bertz CT molecular complexity index is 1120. The molecule has 0 radical (unpaired) electrons. The van der Waals surface area contributed by atoms with Crippen molar-refractivity contribution < 1.29 is 14.5 Å². The van der Waals surface area contributed by atoms with E-state index in [2.05, 4.69) is 0 Å². The highest BCUT2D eigenvalue weighted by Crippen LogP contribution is 2.36. The lowest BCUT2D eigenvalue weighted by molar-refractivity contribution is -0.384. The van der Waals surface area contributed by atoms with Crippen LogP contribution in [0, 0.1) is 10.1 Å². The molecule has 2 heterocycles. The summed E-state index contributed by atoms with van der Waals surface area (Å²) >= 11 is 0.864. The number of nitro groups is 1. The molecule has 0 N–H and O–H groups in total. The summed E-state index contributed by atoms with van der Waals surface area (Å²) in [7, 11) is 0. The first-order chi connectivity index (χ1) is 13.5. The second-order valence-electron chi connectivity index (χ2n) is 5.93. The van der Waals surface area contributed by atoms with Gasteiger partial charge < -0.3 is 4.57 Å². The molecular weight excluding hydrogens is 378 g/mol. The van der Waals surface area contributed by atoms with Gasteiger partial charge in [0.05, 0.1) is 21.2 Å². The number of carbonyl (C=O) groups is 2. The highest BCUT2D eigenvalue weighted by atomic mass is 32.2. The molecule has 0 aliphatic carbocycles. The minimum absolute atomic E-state index is 0.0263. The zero-order valence-corrected chi connectivity index (χ0v) is 15.2. The number of benzene rings is 2.